The summed E-state index contributed by atoms with van der Waals surface area (Å²) in [7, 11) is 0. The van der Waals surface area contributed by atoms with Gasteiger partial charge in [0.1, 0.15) is 0 Å². The van der Waals surface area contributed by atoms with Gasteiger partial charge in [-0.3, -0.25) is 4.79 Å². The van der Waals surface area contributed by atoms with Gasteiger partial charge >= 0.3 is 0 Å². The summed E-state index contributed by atoms with van der Waals surface area (Å²) in [6.45, 7) is 10.5. The predicted molar refractivity (Wildman–Crippen MR) is 71.8 cm³/mol. The van der Waals surface area contributed by atoms with Crippen molar-refractivity contribution in [1.82, 2.24) is 4.90 Å². The quantitative estimate of drug-likeness (QED) is 0.756. The topological polar surface area (TPSA) is 20.3 Å². The second-order valence-electron chi connectivity index (χ2n) is 5.60. The molecule has 1 heterocycles. The zero-order valence-corrected chi connectivity index (χ0v) is 11.8. The van der Waals surface area contributed by atoms with Gasteiger partial charge in [0.25, 0.3) is 0 Å². The van der Waals surface area contributed by atoms with Crippen LogP contribution in [-0.4, -0.2) is 29.1 Å². The summed E-state index contributed by atoms with van der Waals surface area (Å²) in [6, 6.07) is 0. The SMILES string of the molecule is CC(C)C1CCN(C(=O)C(S)C(C)C)CC1. The summed E-state index contributed by atoms with van der Waals surface area (Å²) in [5.74, 6) is 2.08. The van der Waals surface area contributed by atoms with Gasteiger partial charge in [0.15, 0.2) is 0 Å². The fourth-order valence-corrected chi connectivity index (χ4v) is 2.42. The highest BCUT2D eigenvalue weighted by Crippen LogP contribution is 2.25. The number of carbonyl (C=O) groups excluding carboxylic acids is 1. The first-order chi connectivity index (χ1) is 7.43. The number of piperidine rings is 1. The average Bonchev–Trinajstić information content (AvgIpc) is 2.27. The zero-order chi connectivity index (χ0) is 12.3. The Bertz CT molecular complexity index is 232. The third-order valence-electron chi connectivity index (χ3n) is 3.68. The number of amides is 1. The molecule has 1 amide bonds. The summed E-state index contributed by atoms with van der Waals surface area (Å²) in [6.07, 6.45) is 2.31. The number of hydrogen-bond donors (Lipinski definition) is 1. The highest BCUT2D eigenvalue weighted by Gasteiger charge is 2.28. The molecule has 16 heavy (non-hydrogen) atoms. The number of hydrogen-bond acceptors (Lipinski definition) is 2. The van der Waals surface area contributed by atoms with E-state index in [0.717, 1.165) is 37.8 Å². The monoisotopic (exact) mass is 243 g/mol. The van der Waals surface area contributed by atoms with Gasteiger partial charge in [-0.15, -0.1) is 0 Å². The van der Waals surface area contributed by atoms with Crippen LogP contribution in [0, 0.1) is 17.8 Å². The molecule has 0 aliphatic carbocycles. The van der Waals surface area contributed by atoms with Gasteiger partial charge in [-0.05, 0) is 30.6 Å². The van der Waals surface area contributed by atoms with Crippen LogP contribution < -0.4 is 0 Å². The lowest BCUT2D eigenvalue weighted by Crippen LogP contribution is -2.44. The fourth-order valence-electron chi connectivity index (χ4n) is 2.26. The minimum absolute atomic E-state index is 0.129. The van der Waals surface area contributed by atoms with E-state index in [0.29, 0.717) is 5.92 Å². The van der Waals surface area contributed by atoms with Crippen LogP contribution in [0.3, 0.4) is 0 Å². The molecule has 0 bridgehead atoms. The van der Waals surface area contributed by atoms with Gasteiger partial charge in [-0.1, -0.05) is 27.7 Å². The average molecular weight is 243 g/mol. The zero-order valence-electron chi connectivity index (χ0n) is 10.9. The first kappa shape index (κ1) is 13.9. The fraction of sp³-hybridized carbons (Fsp3) is 0.923. The summed E-state index contributed by atoms with van der Waals surface area (Å²) >= 11 is 4.40. The first-order valence-electron chi connectivity index (χ1n) is 6.40. The molecule has 1 atom stereocenters. The van der Waals surface area contributed by atoms with Crippen molar-refractivity contribution in [3.8, 4) is 0 Å². The van der Waals surface area contributed by atoms with Gasteiger partial charge in [-0.2, -0.15) is 12.6 Å². The number of nitrogens with zero attached hydrogens (tertiary/aromatic N) is 1. The smallest absolute Gasteiger partial charge is 0.235 e. The molecule has 1 aliphatic heterocycles. The number of likely N-dealkylation sites (tertiary alicyclic amines) is 1. The molecule has 1 saturated heterocycles. The van der Waals surface area contributed by atoms with E-state index in [1.165, 1.54) is 0 Å². The summed E-state index contributed by atoms with van der Waals surface area (Å²) in [5, 5.41) is -0.129. The lowest BCUT2D eigenvalue weighted by Gasteiger charge is -2.35. The van der Waals surface area contributed by atoms with Crippen molar-refractivity contribution in [2.45, 2.75) is 45.8 Å². The Labute approximate surface area is 105 Å². The van der Waals surface area contributed by atoms with Crippen molar-refractivity contribution in [2.24, 2.45) is 17.8 Å². The molecule has 3 heteroatoms. The molecule has 1 rings (SSSR count). The standard InChI is InChI=1S/C13H25NOS/c1-9(2)11-5-7-14(8-6-11)13(15)12(16)10(3)4/h9-12,16H,5-8H2,1-4H3. The van der Waals surface area contributed by atoms with Crippen LogP contribution in [0.25, 0.3) is 0 Å². The van der Waals surface area contributed by atoms with Crippen molar-refractivity contribution in [3.63, 3.8) is 0 Å². The summed E-state index contributed by atoms with van der Waals surface area (Å²) < 4.78 is 0. The molecule has 0 N–H and O–H groups in total. The number of rotatable bonds is 3. The van der Waals surface area contributed by atoms with E-state index in [1.807, 2.05) is 4.90 Å². The molecule has 1 aliphatic rings. The highest BCUT2D eigenvalue weighted by molar-refractivity contribution is 7.81. The number of carbonyl (C=O) groups is 1. The lowest BCUT2D eigenvalue weighted by molar-refractivity contribution is -0.132. The summed E-state index contributed by atoms with van der Waals surface area (Å²) in [5.41, 5.74) is 0. The molecule has 1 unspecified atom stereocenters. The van der Waals surface area contributed by atoms with Crippen molar-refractivity contribution >= 4 is 18.5 Å². The normalized spacial score (nSPS) is 20.6. The van der Waals surface area contributed by atoms with Gasteiger partial charge in [0.2, 0.25) is 5.91 Å². The Morgan fingerprint density at radius 1 is 1.19 bits per heavy atom. The van der Waals surface area contributed by atoms with E-state index in [9.17, 15) is 4.79 Å². The van der Waals surface area contributed by atoms with Crippen LogP contribution in [-0.2, 0) is 4.79 Å². The van der Waals surface area contributed by atoms with Crippen molar-refractivity contribution < 1.29 is 4.79 Å². The van der Waals surface area contributed by atoms with Crippen LogP contribution in [0.1, 0.15) is 40.5 Å². The van der Waals surface area contributed by atoms with E-state index in [-0.39, 0.29) is 11.2 Å². The Balaban J connectivity index is 2.45. The maximum absolute atomic E-state index is 12.1. The Morgan fingerprint density at radius 2 is 1.69 bits per heavy atom. The molecule has 94 valence electrons. The highest BCUT2D eigenvalue weighted by atomic mass is 32.1. The van der Waals surface area contributed by atoms with Crippen LogP contribution >= 0.6 is 12.6 Å². The van der Waals surface area contributed by atoms with Gasteiger partial charge in [-0.25, -0.2) is 0 Å². The van der Waals surface area contributed by atoms with E-state index in [4.69, 9.17) is 0 Å². The van der Waals surface area contributed by atoms with Crippen molar-refractivity contribution in [2.75, 3.05) is 13.1 Å². The van der Waals surface area contributed by atoms with Gasteiger partial charge < -0.3 is 4.90 Å². The Morgan fingerprint density at radius 3 is 2.06 bits per heavy atom. The third-order valence-corrected chi connectivity index (χ3v) is 4.50. The van der Waals surface area contributed by atoms with Crippen LogP contribution in [0.2, 0.25) is 0 Å². The van der Waals surface area contributed by atoms with E-state index < -0.39 is 0 Å². The molecular weight excluding hydrogens is 218 g/mol. The van der Waals surface area contributed by atoms with Crippen LogP contribution in [0.5, 0.6) is 0 Å². The predicted octanol–water partition coefficient (Wildman–Crippen LogP) is 2.84. The Hall–Kier alpha value is -0.180. The van der Waals surface area contributed by atoms with Crippen LogP contribution in [0.15, 0.2) is 0 Å². The van der Waals surface area contributed by atoms with E-state index in [2.05, 4.69) is 40.3 Å². The summed E-state index contributed by atoms with van der Waals surface area (Å²) in [4.78, 5) is 14.1. The van der Waals surface area contributed by atoms with Crippen molar-refractivity contribution in [3.05, 3.63) is 0 Å². The maximum Gasteiger partial charge on any atom is 0.235 e. The first-order valence-corrected chi connectivity index (χ1v) is 6.92. The second kappa shape index (κ2) is 5.95. The molecule has 0 radical (unpaired) electrons. The molecular formula is C13H25NOS. The minimum atomic E-state index is -0.129. The minimum Gasteiger partial charge on any atom is -0.342 e. The van der Waals surface area contributed by atoms with Crippen molar-refractivity contribution in [1.29, 1.82) is 0 Å². The van der Waals surface area contributed by atoms with Gasteiger partial charge in [0.05, 0.1) is 5.25 Å². The third kappa shape index (κ3) is 3.41. The molecule has 0 aromatic rings. The molecule has 0 aromatic carbocycles. The van der Waals surface area contributed by atoms with Crippen LogP contribution in [0.4, 0.5) is 0 Å². The molecule has 0 spiro atoms. The number of thiol groups is 1. The molecule has 1 fully saturated rings. The largest absolute Gasteiger partial charge is 0.342 e. The van der Waals surface area contributed by atoms with Gasteiger partial charge in [0, 0.05) is 13.1 Å². The second-order valence-corrected chi connectivity index (χ2v) is 6.15. The molecule has 0 aromatic heterocycles. The molecule has 2 nitrogen and oxygen atoms in total. The Kier molecular flexibility index (Phi) is 5.16. The lowest BCUT2D eigenvalue weighted by atomic mass is 9.86. The van der Waals surface area contributed by atoms with E-state index in [1.54, 1.807) is 0 Å². The molecule has 0 saturated carbocycles. The maximum atomic E-state index is 12.1. The van der Waals surface area contributed by atoms with E-state index >= 15 is 0 Å².